The van der Waals surface area contributed by atoms with Crippen molar-refractivity contribution in [2.75, 3.05) is 45.4 Å². The topological polar surface area (TPSA) is 75.2 Å². The summed E-state index contributed by atoms with van der Waals surface area (Å²) in [6.45, 7) is 0.830. The Labute approximate surface area is 120 Å². The lowest BCUT2D eigenvalue weighted by Gasteiger charge is -2.36. The van der Waals surface area contributed by atoms with Gasteiger partial charge in [0.15, 0.2) is 0 Å². The summed E-state index contributed by atoms with van der Waals surface area (Å²) in [7, 11) is 7.60. The minimum atomic E-state index is 0.194. The molecule has 0 saturated heterocycles. The van der Waals surface area contributed by atoms with Gasteiger partial charge in [-0.2, -0.15) is 15.0 Å². The Morgan fingerprint density at radius 3 is 2.35 bits per heavy atom. The molecular formula is C13H24N6O. The summed E-state index contributed by atoms with van der Waals surface area (Å²) in [6, 6.07) is 0.317. The van der Waals surface area contributed by atoms with Crippen molar-refractivity contribution in [1.29, 1.82) is 0 Å². The van der Waals surface area contributed by atoms with Gasteiger partial charge in [-0.15, -0.1) is 0 Å². The highest BCUT2D eigenvalue weighted by atomic mass is 16.5. The van der Waals surface area contributed by atoms with Crippen molar-refractivity contribution < 1.29 is 4.74 Å². The van der Waals surface area contributed by atoms with Crippen LogP contribution in [0.15, 0.2) is 0 Å². The Hall–Kier alpha value is -1.63. The molecule has 1 heterocycles. The second-order valence-corrected chi connectivity index (χ2v) is 5.40. The third kappa shape index (κ3) is 3.09. The molecule has 0 unspecified atom stereocenters. The van der Waals surface area contributed by atoms with Gasteiger partial charge in [-0.3, -0.25) is 0 Å². The third-order valence-electron chi connectivity index (χ3n) is 4.08. The number of nitrogens with one attached hydrogen (secondary N) is 2. The molecule has 0 radical (unpaired) electrons. The van der Waals surface area contributed by atoms with Crippen LogP contribution in [0.1, 0.15) is 25.7 Å². The normalized spacial score (nSPS) is 17.2. The summed E-state index contributed by atoms with van der Waals surface area (Å²) in [5, 5.41) is 6.24. The zero-order valence-corrected chi connectivity index (χ0v) is 12.7. The number of methoxy groups -OCH3 is 1. The van der Waals surface area contributed by atoms with E-state index < -0.39 is 0 Å². The van der Waals surface area contributed by atoms with Crippen LogP contribution in [0.3, 0.4) is 0 Å². The summed E-state index contributed by atoms with van der Waals surface area (Å²) < 4.78 is 5.09. The molecule has 0 amide bonds. The van der Waals surface area contributed by atoms with Gasteiger partial charge in [-0.05, 0) is 26.9 Å². The molecule has 0 spiro atoms. The van der Waals surface area contributed by atoms with E-state index in [4.69, 9.17) is 4.74 Å². The van der Waals surface area contributed by atoms with E-state index >= 15 is 0 Å². The minimum absolute atomic E-state index is 0.194. The minimum Gasteiger partial charge on any atom is -0.467 e. The van der Waals surface area contributed by atoms with Crippen LogP contribution in [0.2, 0.25) is 0 Å². The van der Waals surface area contributed by atoms with Crippen LogP contribution in [-0.2, 0) is 0 Å². The van der Waals surface area contributed by atoms with E-state index in [2.05, 4.69) is 44.6 Å². The van der Waals surface area contributed by atoms with Crippen LogP contribution in [0, 0.1) is 0 Å². The fourth-order valence-electron chi connectivity index (χ4n) is 2.70. The van der Waals surface area contributed by atoms with Crippen LogP contribution in [0.5, 0.6) is 6.01 Å². The summed E-state index contributed by atoms with van der Waals surface area (Å²) >= 11 is 0. The maximum atomic E-state index is 5.09. The van der Waals surface area contributed by atoms with Gasteiger partial charge in [-0.25, -0.2) is 0 Å². The van der Waals surface area contributed by atoms with Gasteiger partial charge < -0.3 is 20.3 Å². The van der Waals surface area contributed by atoms with Crippen LogP contribution in [0.25, 0.3) is 0 Å². The second kappa shape index (κ2) is 6.21. The molecule has 0 atom stereocenters. The van der Waals surface area contributed by atoms with E-state index in [1.807, 2.05) is 0 Å². The smallest absolute Gasteiger partial charge is 0.322 e. The number of hydrogen-bond donors (Lipinski definition) is 2. The number of ether oxygens (including phenoxy) is 1. The highest BCUT2D eigenvalue weighted by Gasteiger charge is 2.35. The molecule has 1 aromatic heterocycles. The average Bonchev–Trinajstić information content (AvgIpc) is 2.95. The van der Waals surface area contributed by atoms with Crippen molar-refractivity contribution in [3.63, 3.8) is 0 Å². The maximum Gasteiger partial charge on any atom is 0.322 e. The first-order valence-corrected chi connectivity index (χ1v) is 6.99. The van der Waals surface area contributed by atoms with Gasteiger partial charge in [0, 0.05) is 19.1 Å². The highest BCUT2D eigenvalue weighted by molar-refractivity contribution is 5.35. The Morgan fingerprint density at radius 1 is 1.15 bits per heavy atom. The largest absolute Gasteiger partial charge is 0.467 e. The predicted molar refractivity (Wildman–Crippen MR) is 79.3 cm³/mol. The zero-order chi connectivity index (χ0) is 14.6. The molecule has 7 heteroatoms. The van der Waals surface area contributed by atoms with Gasteiger partial charge in [-0.1, -0.05) is 12.8 Å². The Morgan fingerprint density at radius 2 is 1.80 bits per heavy atom. The fraction of sp³-hybridized carbons (Fsp3) is 0.769. The van der Waals surface area contributed by atoms with E-state index in [1.165, 1.54) is 25.7 Å². The molecule has 20 heavy (non-hydrogen) atoms. The molecule has 2 rings (SSSR count). The maximum absolute atomic E-state index is 5.09. The van der Waals surface area contributed by atoms with Crippen molar-refractivity contribution in [2.45, 2.75) is 31.2 Å². The Kier molecular flexibility index (Phi) is 4.59. The molecule has 1 aliphatic rings. The van der Waals surface area contributed by atoms with Crippen molar-refractivity contribution in [2.24, 2.45) is 0 Å². The molecule has 1 aromatic rings. The molecule has 1 saturated carbocycles. The summed E-state index contributed by atoms with van der Waals surface area (Å²) in [6.07, 6.45) is 4.96. The molecule has 112 valence electrons. The van der Waals surface area contributed by atoms with Gasteiger partial charge >= 0.3 is 6.01 Å². The van der Waals surface area contributed by atoms with Crippen molar-refractivity contribution in [1.82, 2.24) is 19.9 Å². The van der Waals surface area contributed by atoms with Crippen LogP contribution < -0.4 is 15.4 Å². The number of nitrogens with zero attached hydrogens (tertiary/aromatic N) is 4. The van der Waals surface area contributed by atoms with E-state index in [-0.39, 0.29) is 5.54 Å². The van der Waals surface area contributed by atoms with Crippen LogP contribution in [-0.4, -0.2) is 60.2 Å². The zero-order valence-electron chi connectivity index (χ0n) is 12.7. The second-order valence-electron chi connectivity index (χ2n) is 5.40. The first kappa shape index (κ1) is 14.8. The lowest BCUT2D eigenvalue weighted by Crippen LogP contribution is -2.47. The Balaban J connectivity index is 2.09. The number of hydrogen-bond acceptors (Lipinski definition) is 7. The SMILES string of the molecule is CNc1nc(NCC2(N(C)C)CCCC2)nc(OC)n1. The Bertz CT molecular complexity index is 422. The molecule has 0 aliphatic heterocycles. The first-order chi connectivity index (χ1) is 9.59. The first-order valence-electron chi connectivity index (χ1n) is 6.99. The average molecular weight is 280 g/mol. The lowest BCUT2D eigenvalue weighted by atomic mass is 9.96. The van der Waals surface area contributed by atoms with E-state index in [0.29, 0.717) is 17.9 Å². The van der Waals surface area contributed by atoms with Gasteiger partial charge in [0.2, 0.25) is 11.9 Å². The number of anilines is 2. The van der Waals surface area contributed by atoms with E-state index in [0.717, 1.165) is 6.54 Å². The predicted octanol–water partition coefficient (Wildman–Crippen LogP) is 1.21. The number of likely N-dealkylation sites (N-methyl/N-ethyl adjacent to an activating group) is 1. The standard InChI is InChI=1S/C13H24N6O/c1-14-10-16-11(18-12(17-10)20-4)15-9-13(19(2)3)7-5-6-8-13/h5-9H2,1-4H3,(H2,14,15,16,17,18). The molecule has 0 bridgehead atoms. The molecular weight excluding hydrogens is 256 g/mol. The van der Waals surface area contributed by atoms with Crippen molar-refractivity contribution in [3.05, 3.63) is 0 Å². The van der Waals surface area contributed by atoms with E-state index in [1.54, 1.807) is 14.2 Å². The van der Waals surface area contributed by atoms with E-state index in [9.17, 15) is 0 Å². The van der Waals surface area contributed by atoms with Gasteiger partial charge in [0.25, 0.3) is 0 Å². The molecule has 0 aromatic carbocycles. The monoisotopic (exact) mass is 280 g/mol. The number of rotatable bonds is 6. The molecule has 1 aliphatic carbocycles. The van der Waals surface area contributed by atoms with Crippen molar-refractivity contribution in [3.8, 4) is 6.01 Å². The highest BCUT2D eigenvalue weighted by Crippen LogP contribution is 2.33. The fourth-order valence-corrected chi connectivity index (χ4v) is 2.70. The van der Waals surface area contributed by atoms with Gasteiger partial charge in [0.05, 0.1) is 7.11 Å². The molecule has 1 fully saturated rings. The lowest BCUT2D eigenvalue weighted by molar-refractivity contribution is 0.172. The summed E-state index contributed by atoms with van der Waals surface area (Å²) in [4.78, 5) is 15.0. The quantitative estimate of drug-likeness (QED) is 0.811. The molecule has 7 nitrogen and oxygen atoms in total. The van der Waals surface area contributed by atoms with Crippen LogP contribution in [0.4, 0.5) is 11.9 Å². The summed E-state index contributed by atoms with van der Waals surface area (Å²) in [5.41, 5.74) is 0.194. The van der Waals surface area contributed by atoms with Crippen molar-refractivity contribution >= 4 is 11.9 Å². The summed E-state index contributed by atoms with van der Waals surface area (Å²) in [5.74, 6) is 1.05. The molecule has 2 N–H and O–H groups in total. The van der Waals surface area contributed by atoms with Gasteiger partial charge in [0.1, 0.15) is 0 Å². The third-order valence-corrected chi connectivity index (χ3v) is 4.08. The number of aromatic nitrogens is 3. The van der Waals surface area contributed by atoms with Crippen LogP contribution >= 0.6 is 0 Å².